The monoisotopic (exact) mass is 194 g/mol. The summed E-state index contributed by atoms with van der Waals surface area (Å²) in [6, 6.07) is 5.92. The van der Waals surface area contributed by atoms with E-state index in [1.165, 1.54) is 0 Å². The molecule has 0 saturated carbocycles. The molecule has 0 bridgehead atoms. The molecule has 3 heteroatoms. The molecule has 78 valence electrons. The zero-order valence-corrected chi connectivity index (χ0v) is 8.65. The van der Waals surface area contributed by atoms with Gasteiger partial charge >= 0.3 is 0 Å². The Hall–Kier alpha value is -0.930. The minimum Gasteiger partial charge on any atom is -0.378 e. The highest BCUT2D eigenvalue weighted by Gasteiger charge is 2.00. The Bertz CT molecular complexity index is 238. The van der Waals surface area contributed by atoms with Crippen LogP contribution in [0, 0.1) is 0 Å². The second-order valence-electron chi connectivity index (χ2n) is 3.33. The van der Waals surface area contributed by atoms with E-state index in [4.69, 9.17) is 10.5 Å². The average Bonchev–Trinajstić information content (AvgIpc) is 2.20. The van der Waals surface area contributed by atoms with Crippen molar-refractivity contribution in [3.8, 4) is 0 Å². The molecule has 1 aromatic heterocycles. The Morgan fingerprint density at radius 3 is 3.00 bits per heavy atom. The number of pyridine rings is 1. The molecule has 0 aromatic carbocycles. The Labute approximate surface area is 85.3 Å². The summed E-state index contributed by atoms with van der Waals surface area (Å²) in [5.74, 6) is 0. The van der Waals surface area contributed by atoms with E-state index in [0.717, 1.165) is 25.1 Å². The lowest BCUT2D eigenvalue weighted by Crippen LogP contribution is -2.15. The number of hydrogen-bond acceptors (Lipinski definition) is 3. The SMILES string of the molecule is CC(CCN)OCCc1ccccn1. The topological polar surface area (TPSA) is 48.1 Å². The Balaban J connectivity index is 2.16. The van der Waals surface area contributed by atoms with E-state index in [-0.39, 0.29) is 6.10 Å². The van der Waals surface area contributed by atoms with Gasteiger partial charge in [0.05, 0.1) is 12.7 Å². The van der Waals surface area contributed by atoms with E-state index < -0.39 is 0 Å². The van der Waals surface area contributed by atoms with Gasteiger partial charge in [0.1, 0.15) is 0 Å². The van der Waals surface area contributed by atoms with E-state index >= 15 is 0 Å². The fraction of sp³-hybridized carbons (Fsp3) is 0.545. The lowest BCUT2D eigenvalue weighted by Gasteiger charge is -2.11. The van der Waals surface area contributed by atoms with Crippen molar-refractivity contribution in [3.63, 3.8) is 0 Å². The van der Waals surface area contributed by atoms with Gasteiger partial charge < -0.3 is 10.5 Å². The van der Waals surface area contributed by atoms with Gasteiger partial charge in [0, 0.05) is 18.3 Å². The molecule has 1 unspecified atom stereocenters. The molecule has 0 aliphatic heterocycles. The van der Waals surface area contributed by atoms with E-state index in [1.807, 2.05) is 25.1 Å². The maximum Gasteiger partial charge on any atom is 0.0559 e. The molecule has 1 heterocycles. The minimum absolute atomic E-state index is 0.253. The molecule has 0 aliphatic rings. The summed E-state index contributed by atoms with van der Waals surface area (Å²) in [7, 11) is 0. The van der Waals surface area contributed by atoms with Gasteiger partial charge in [-0.3, -0.25) is 4.98 Å². The van der Waals surface area contributed by atoms with E-state index in [1.54, 1.807) is 6.20 Å². The predicted octanol–water partition coefficient (Wildman–Crippen LogP) is 1.38. The van der Waals surface area contributed by atoms with Crippen molar-refractivity contribution in [2.75, 3.05) is 13.2 Å². The summed E-state index contributed by atoms with van der Waals surface area (Å²) in [5.41, 5.74) is 6.50. The Morgan fingerprint density at radius 1 is 1.50 bits per heavy atom. The third kappa shape index (κ3) is 4.35. The highest BCUT2D eigenvalue weighted by Crippen LogP contribution is 1.99. The number of aromatic nitrogens is 1. The Kier molecular flexibility index (Phi) is 5.19. The first kappa shape index (κ1) is 11.1. The largest absolute Gasteiger partial charge is 0.378 e. The quantitative estimate of drug-likeness (QED) is 0.744. The summed E-state index contributed by atoms with van der Waals surface area (Å²) in [4.78, 5) is 4.22. The van der Waals surface area contributed by atoms with Crippen molar-refractivity contribution in [3.05, 3.63) is 30.1 Å². The van der Waals surface area contributed by atoms with E-state index in [0.29, 0.717) is 6.54 Å². The van der Waals surface area contributed by atoms with Crippen LogP contribution >= 0.6 is 0 Å². The maximum absolute atomic E-state index is 5.57. The number of hydrogen-bond donors (Lipinski definition) is 1. The zero-order valence-electron chi connectivity index (χ0n) is 8.65. The first-order valence-electron chi connectivity index (χ1n) is 5.04. The van der Waals surface area contributed by atoms with Crippen LogP contribution in [-0.2, 0) is 11.2 Å². The van der Waals surface area contributed by atoms with Gasteiger partial charge in [0.15, 0.2) is 0 Å². The summed E-state index contributed by atoms with van der Waals surface area (Å²) in [6.45, 7) is 3.45. The first-order valence-corrected chi connectivity index (χ1v) is 5.04. The summed E-state index contributed by atoms with van der Waals surface area (Å²) < 4.78 is 5.57. The zero-order chi connectivity index (χ0) is 10.2. The van der Waals surface area contributed by atoms with Crippen molar-refractivity contribution in [1.82, 2.24) is 4.98 Å². The normalized spacial score (nSPS) is 12.7. The van der Waals surface area contributed by atoms with Crippen LogP contribution in [0.15, 0.2) is 24.4 Å². The molecule has 1 rings (SSSR count). The highest BCUT2D eigenvalue weighted by atomic mass is 16.5. The van der Waals surface area contributed by atoms with Crippen LogP contribution in [0.3, 0.4) is 0 Å². The number of nitrogens with zero attached hydrogens (tertiary/aromatic N) is 1. The molecule has 1 atom stereocenters. The maximum atomic E-state index is 5.57. The van der Waals surface area contributed by atoms with Crippen molar-refractivity contribution in [1.29, 1.82) is 0 Å². The second-order valence-corrected chi connectivity index (χ2v) is 3.33. The summed E-state index contributed by atoms with van der Waals surface area (Å²) in [5, 5.41) is 0. The van der Waals surface area contributed by atoms with Gasteiger partial charge in [-0.25, -0.2) is 0 Å². The van der Waals surface area contributed by atoms with Gasteiger partial charge in [0.2, 0.25) is 0 Å². The van der Waals surface area contributed by atoms with Crippen molar-refractivity contribution in [2.24, 2.45) is 5.73 Å². The van der Waals surface area contributed by atoms with E-state index in [2.05, 4.69) is 4.98 Å². The van der Waals surface area contributed by atoms with Gasteiger partial charge in [-0.05, 0) is 32.0 Å². The molecule has 0 spiro atoms. The van der Waals surface area contributed by atoms with Crippen LogP contribution in [0.4, 0.5) is 0 Å². The van der Waals surface area contributed by atoms with Crippen molar-refractivity contribution in [2.45, 2.75) is 25.9 Å². The van der Waals surface area contributed by atoms with Crippen LogP contribution in [-0.4, -0.2) is 24.2 Å². The standard InChI is InChI=1S/C11H18N2O/c1-10(5-7-12)14-9-6-11-4-2-3-8-13-11/h2-4,8,10H,5-7,9,12H2,1H3. The molecule has 0 radical (unpaired) electrons. The number of nitrogens with two attached hydrogens (primary N) is 1. The summed E-state index contributed by atoms with van der Waals surface area (Å²) in [6.07, 6.45) is 3.85. The van der Waals surface area contributed by atoms with Crippen LogP contribution in [0.25, 0.3) is 0 Å². The molecule has 0 amide bonds. The third-order valence-electron chi connectivity index (χ3n) is 2.06. The molecular formula is C11H18N2O. The molecule has 1 aromatic rings. The molecule has 0 aliphatic carbocycles. The smallest absolute Gasteiger partial charge is 0.0559 e. The molecule has 0 fully saturated rings. The Morgan fingerprint density at radius 2 is 2.36 bits per heavy atom. The van der Waals surface area contributed by atoms with Gasteiger partial charge in [-0.1, -0.05) is 6.07 Å². The van der Waals surface area contributed by atoms with Crippen molar-refractivity contribution < 1.29 is 4.74 Å². The van der Waals surface area contributed by atoms with Gasteiger partial charge in [-0.2, -0.15) is 0 Å². The van der Waals surface area contributed by atoms with Gasteiger partial charge in [0.25, 0.3) is 0 Å². The van der Waals surface area contributed by atoms with Crippen LogP contribution in [0.1, 0.15) is 19.0 Å². The predicted molar refractivity (Wildman–Crippen MR) is 57.0 cm³/mol. The van der Waals surface area contributed by atoms with Crippen LogP contribution < -0.4 is 5.73 Å². The lowest BCUT2D eigenvalue weighted by atomic mass is 10.2. The minimum atomic E-state index is 0.253. The lowest BCUT2D eigenvalue weighted by molar-refractivity contribution is 0.0638. The first-order chi connectivity index (χ1) is 6.83. The van der Waals surface area contributed by atoms with E-state index in [9.17, 15) is 0 Å². The fourth-order valence-electron chi connectivity index (χ4n) is 1.23. The second kappa shape index (κ2) is 6.51. The number of ether oxygens (including phenoxy) is 1. The fourth-order valence-corrected chi connectivity index (χ4v) is 1.23. The molecule has 0 saturated heterocycles. The van der Waals surface area contributed by atoms with Crippen molar-refractivity contribution >= 4 is 0 Å². The third-order valence-corrected chi connectivity index (χ3v) is 2.06. The molecule has 14 heavy (non-hydrogen) atoms. The number of rotatable bonds is 6. The summed E-state index contributed by atoms with van der Waals surface area (Å²) >= 11 is 0. The molecule has 2 N–H and O–H groups in total. The highest BCUT2D eigenvalue weighted by molar-refractivity contribution is 5.03. The van der Waals surface area contributed by atoms with Crippen LogP contribution in [0.5, 0.6) is 0 Å². The molecule has 3 nitrogen and oxygen atoms in total. The van der Waals surface area contributed by atoms with Crippen LogP contribution in [0.2, 0.25) is 0 Å². The average molecular weight is 194 g/mol. The van der Waals surface area contributed by atoms with Gasteiger partial charge in [-0.15, -0.1) is 0 Å². The molecular weight excluding hydrogens is 176 g/mol.